The highest BCUT2D eigenvalue weighted by atomic mass is 32.2. The van der Waals surface area contributed by atoms with Crippen molar-refractivity contribution in [3.05, 3.63) is 33.9 Å². The quantitative estimate of drug-likeness (QED) is 0.357. The molecule has 0 saturated carbocycles. The number of carbonyl (C=O) groups excluding carboxylic acids is 2. The Hall–Kier alpha value is -2.09. The molecular formula is C14H18N2O5S. The number of nitrogens with zero attached hydrogens (tertiary/aromatic N) is 1. The maximum atomic E-state index is 11.8. The molecule has 1 aromatic carbocycles. The molecule has 0 atom stereocenters. The number of esters is 1. The summed E-state index contributed by atoms with van der Waals surface area (Å²) >= 11 is 1.21. The van der Waals surface area contributed by atoms with Crippen molar-refractivity contribution in [2.75, 3.05) is 19.4 Å². The zero-order valence-corrected chi connectivity index (χ0v) is 13.4. The third-order valence-corrected chi connectivity index (χ3v) is 3.44. The van der Waals surface area contributed by atoms with Crippen LogP contribution in [0.15, 0.2) is 23.1 Å². The van der Waals surface area contributed by atoms with Crippen LogP contribution in [0.25, 0.3) is 0 Å². The van der Waals surface area contributed by atoms with Gasteiger partial charge in [0.25, 0.3) is 11.6 Å². The normalized spacial score (nSPS) is 10.4. The predicted octanol–water partition coefficient (Wildman–Crippen LogP) is 2.25. The van der Waals surface area contributed by atoms with Crippen molar-refractivity contribution in [2.24, 2.45) is 5.92 Å². The molecule has 22 heavy (non-hydrogen) atoms. The third-order valence-electron chi connectivity index (χ3n) is 2.65. The van der Waals surface area contributed by atoms with Crippen molar-refractivity contribution < 1.29 is 19.2 Å². The van der Waals surface area contributed by atoms with Gasteiger partial charge in [0, 0.05) is 12.6 Å². The van der Waals surface area contributed by atoms with Gasteiger partial charge in [0.15, 0.2) is 6.61 Å². The van der Waals surface area contributed by atoms with Crippen molar-refractivity contribution in [3.8, 4) is 0 Å². The zero-order valence-electron chi connectivity index (χ0n) is 12.6. The second kappa shape index (κ2) is 8.38. The Morgan fingerprint density at radius 2 is 2.09 bits per heavy atom. The fourth-order valence-electron chi connectivity index (χ4n) is 1.54. The minimum absolute atomic E-state index is 0.0427. The lowest BCUT2D eigenvalue weighted by Gasteiger charge is -2.08. The first-order valence-corrected chi connectivity index (χ1v) is 7.84. The molecule has 7 nitrogen and oxygen atoms in total. The van der Waals surface area contributed by atoms with E-state index < -0.39 is 23.4 Å². The highest BCUT2D eigenvalue weighted by molar-refractivity contribution is 7.98. The number of nitro groups is 1. The molecule has 0 unspecified atom stereocenters. The van der Waals surface area contributed by atoms with Gasteiger partial charge >= 0.3 is 5.97 Å². The molecular weight excluding hydrogens is 308 g/mol. The summed E-state index contributed by atoms with van der Waals surface area (Å²) in [5.41, 5.74) is -0.118. The summed E-state index contributed by atoms with van der Waals surface area (Å²) in [6.45, 7) is 3.96. The Bertz CT molecular complexity index is 574. The molecule has 0 fully saturated rings. The first-order valence-electron chi connectivity index (χ1n) is 6.61. The van der Waals surface area contributed by atoms with Crippen molar-refractivity contribution in [1.29, 1.82) is 0 Å². The number of carbonyl (C=O) groups is 2. The Morgan fingerprint density at radius 3 is 2.64 bits per heavy atom. The summed E-state index contributed by atoms with van der Waals surface area (Å²) in [4.78, 5) is 34.1. The van der Waals surface area contributed by atoms with Gasteiger partial charge in [0.2, 0.25) is 0 Å². The van der Waals surface area contributed by atoms with E-state index in [2.05, 4.69) is 5.32 Å². The van der Waals surface area contributed by atoms with Crippen LogP contribution in [0.2, 0.25) is 0 Å². The number of rotatable bonds is 7. The lowest BCUT2D eigenvalue weighted by molar-refractivity contribution is -0.387. The van der Waals surface area contributed by atoms with Gasteiger partial charge in [-0.25, -0.2) is 4.79 Å². The van der Waals surface area contributed by atoms with Gasteiger partial charge in [-0.15, -0.1) is 11.8 Å². The topological polar surface area (TPSA) is 98.5 Å². The molecule has 0 aromatic heterocycles. The standard InChI is InChI=1S/C14H18N2O5S/c1-9(2)7-15-13(17)8-21-14(18)10-4-5-12(22-3)11(6-10)16(19)20/h4-6,9H,7-8H2,1-3H3,(H,15,17). The molecule has 0 heterocycles. The van der Waals surface area contributed by atoms with Crippen molar-refractivity contribution >= 4 is 29.3 Å². The van der Waals surface area contributed by atoms with Crippen LogP contribution in [-0.4, -0.2) is 36.2 Å². The zero-order chi connectivity index (χ0) is 16.7. The summed E-state index contributed by atoms with van der Waals surface area (Å²) < 4.78 is 4.85. The Labute approximate surface area is 132 Å². The van der Waals surface area contributed by atoms with Gasteiger partial charge < -0.3 is 10.1 Å². The molecule has 0 spiro atoms. The molecule has 0 radical (unpaired) electrons. The molecule has 0 aliphatic rings. The van der Waals surface area contributed by atoms with E-state index in [0.29, 0.717) is 17.4 Å². The van der Waals surface area contributed by atoms with E-state index in [9.17, 15) is 19.7 Å². The average Bonchev–Trinajstić information content (AvgIpc) is 2.49. The van der Waals surface area contributed by atoms with Gasteiger partial charge in [-0.1, -0.05) is 13.8 Å². The van der Waals surface area contributed by atoms with Crippen LogP contribution in [0.4, 0.5) is 5.69 Å². The molecule has 0 saturated heterocycles. The van der Waals surface area contributed by atoms with Crippen LogP contribution in [-0.2, 0) is 9.53 Å². The first-order chi connectivity index (χ1) is 10.3. The fourth-order valence-corrected chi connectivity index (χ4v) is 2.09. The predicted molar refractivity (Wildman–Crippen MR) is 83.0 cm³/mol. The maximum Gasteiger partial charge on any atom is 0.338 e. The first kappa shape index (κ1) is 18.0. The number of thioether (sulfide) groups is 1. The number of hydrogen-bond donors (Lipinski definition) is 1. The van der Waals surface area contributed by atoms with Gasteiger partial charge in [0.1, 0.15) is 0 Å². The van der Waals surface area contributed by atoms with Gasteiger partial charge in [-0.3, -0.25) is 14.9 Å². The lowest BCUT2D eigenvalue weighted by Crippen LogP contribution is -2.31. The summed E-state index contributed by atoms with van der Waals surface area (Å²) in [5.74, 6) is -0.880. The number of amides is 1. The molecule has 8 heteroatoms. The van der Waals surface area contributed by atoms with Gasteiger partial charge in [-0.05, 0) is 24.3 Å². The third kappa shape index (κ3) is 5.36. The number of ether oxygens (including phenoxy) is 1. The van der Waals surface area contributed by atoms with Crippen LogP contribution in [0.5, 0.6) is 0 Å². The lowest BCUT2D eigenvalue weighted by atomic mass is 10.2. The van der Waals surface area contributed by atoms with E-state index in [0.717, 1.165) is 6.07 Å². The largest absolute Gasteiger partial charge is 0.452 e. The van der Waals surface area contributed by atoms with Crippen LogP contribution in [0.3, 0.4) is 0 Å². The molecule has 0 aliphatic carbocycles. The average molecular weight is 326 g/mol. The molecule has 1 amide bonds. The molecule has 0 aliphatic heterocycles. The Morgan fingerprint density at radius 1 is 1.41 bits per heavy atom. The van der Waals surface area contributed by atoms with Crippen LogP contribution < -0.4 is 5.32 Å². The summed E-state index contributed by atoms with van der Waals surface area (Å²) in [7, 11) is 0. The highest BCUT2D eigenvalue weighted by Gasteiger charge is 2.18. The second-order valence-electron chi connectivity index (χ2n) is 4.92. The number of nitrogens with one attached hydrogen (secondary N) is 1. The Kier molecular flexibility index (Phi) is 6.84. The molecule has 120 valence electrons. The van der Waals surface area contributed by atoms with Crippen molar-refractivity contribution in [3.63, 3.8) is 0 Å². The number of hydrogen-bond acceptors (Lipinski definition) is 6. The molecule has 1 aromatic rings. The maximum absolute atomic E-state index is 11.8. The highest BCUT2D eigenvalue weighted by Crippen LogP contribution is 2.28. The van der Waals surface area contributed by atoms with Crippen molar-refractivity contribution in [1.82, 2.24) is 5.32 Å². The molecule has 0 bridgehead atoms. The smallest absolute Gasteiger partial charge is 0.338 e. The summed E-state index contributed by atoms with van der Waals surface area (Å²) in [5, 5.41) is 13.6. The monoisotopic (exact) mass is 326 g/mol. The molecule has 1 N–H and O–H groups in total. The van der Waals surface area contributed by atoms with E-state index in [1.165, 1.54) is 23.9 Å². The minimum Gasteiger partial charge on any atom is -0.452 e. The SMILES string of the molecule is CSc1ccc(C(=O)OCC(=O)NCC(C)C)cc1[N+](=O)[O-]. The summed E-state index contributed by atoms with van der Waals surface area (Å²) in [6.07, 6.45) is 1.71. The fraction of sp³-hybridized carbons (Fsp3) is 0.429. The van der Waals surface area contributed by atoms with Crippen LogP contribution >= 0.6 is 11.8 Å². The summed E-state index contributed by atoms with van der Waals surface area (Å²) in [6, 6.07) is 4.08. The van der Waals surface area contributed by atoms with E-state index in [4.69, 9.17) is 4.74 Å². The van der Waals surface area contributed by atoms with Crippen LogP contribution in [0, 0.1) is 16.0 Å². The second-order valence-corrected chi connectivity index (χ2v) is 5.77. The Balaban J connectivity index is 2.68. The van der Waals surface area contributed by atoms with Crippen LogP contribution in [0.1, 0.15) is 24.2 Å². The number of benzene rings is 1. The van der Waals surface area contributed by atoms with Gasteiger partial charge in [0.05, 0.1) is 15.4 Å². The van der Waals surface area contributed by atoms with Crippen molar-refractivity contribution in [2.45, 2.75) is 18.7 Å². The molecule has 1 rings (SSSR count). The van der Waals surface area contributed by atoms with E-state index in [1.807, 2.05) is 13.8 Å². The van der Waals surface area contributed by atoms with E-state index in [-0.39, 0.29) is 11.3 Å². The van der Waals surface area contributed by atoms with Gasteiger partial charge in [-0.2, -0.15) is 0 Å². The van der Waals surface area contributed by atoms with E-state index in [1.54, 1.807) is 6.26 Å². The number of nitro benzene ring substituents is 1. The minimum atomic E-state index is -0.768. The van der Waals surface area contributed by atoms with E-state index >= 15 is 0 Å².